The highest BCUT2D eigenvalue weighted by atomic mass is 16.1. The second-order valence-electron chi connectivity index (χ2n) is 8.49. The van der Waals surface area contributed by atoms with E-state index >= 15 is 0 Å². The highest BCUT2D eigenvalue weighted by molar-refractivity contribution is 5.81. The minimum absolute atomic E-state index is 0.0196. The highest BCUT2D eigenvalue weighted by Crippen LogP contribution is 2.25. The van der Waals surface area contributed by atoms with Crippen molar-refractivity contribution in [3.8, 4) is 0 Å². The number of hydrogen-bond donors (Lipinski definition) is 2. The van der Waals surface area contributed by atoms with Crippen molar-refractivity contribution in [2.45, 2.75) is 46.7 Å². The minimum atomic E-state index is -0.243. The van der Waals surface area contributed by atoms with E-state index in [1.165, 1.54) is 0 Å². The van der Waals surface area contributed by atoms with Crippen molar-refractivity contribution in [2.24, 2.45) is 5.92 Å². The van der Waals surface area contributed by atoms with E-state index in [9.17, 15) is 4.79 Å². The fourth-order valence-corrected chi connectivity index (χ4v) is 4.02. The highest BCUT2D eigenvalue weighted by Gasteiger charge is 2.20. The third kappa shape index (κ3) is 4.53. The summed E-state index contributed by atoms with van der Waals surface area (Å²) < 4.78 is 2.02. The zero-order chi connectivity index (χ0) is 22.0. The van der Waals surface area contributed by atoms with Crippen molar-refractivity contribution in [2.75, 3.05) is 0 Å². The monoisotopic (exact) mass is 415 g/mol. The Balaban J connectivity index is 1.60. The predicted molar refractivity (Wildman–Crippen MR) is 123 cm³/mol. The number of H-pyrrole nitrogens is 1. The van der Waals surface area contributed by atoms with Crippen molar-refractivity contribution >= 4 is 16.9 Å². The van der Waals surface area contributed by atoms with Crippen LogP contribution in [0.5, 0.6) is 0 Å². The average Bonchev–Trinajstić information content (AvgIpc) is 3.32. The van der Waals surface area contributed by atoms with Crippen LogP contribution in [-0.2, 0) is 17.8 Å². The Kier molecular flexibility index (Phi) is 5.89. The number of nitrogens with zero attached hydrogens (tertiary/aromatic N) is 3. The van der Waals surface area contributed by atoms with Gasteiger partial charge in [-0.25, -0.2) is 4.98 Å². The van der Waals surface area contributed by atoms with Gasteiger partial charge in [-0.3, -0.25) is 9.48 Å². The third-order valence-corrected chi connectivity index (χ3v) is 5.62. The van der Waals surface area contributed by atoms with Crippen molar-refractivity contribution in [1.29, 1.82) is 0 Å². The number of carbonyl (C=O) groups excluding carboxylic acids is 1. The summed E-state index contributed by atoms with van der Waals surface area (Å²) >= 11 is 0. The van der Waals surface area contributed by atoms with E-state index in [1.54, 1.807) is 6.33 Å². The van der Waals surface area contributed by atoms with E-state index in [0.717, 1.165) is 45.7 Å². The molecule has 0 saturated heterocycles. The fraction of sp³-hybridized carbons (Fsp3) is 0.320. The lowest BCUT2D eigenvalue weighted by Gasteiger charge is -2.20. The van der Waals surface area contributed by atoms with Gasteiger partial charge in [-0.2, -0.15) is 5.10 Å². The molecular weight excluding hydrogens is 386 g/mol. The van der Waals surface area contributed by atoms with Crippen LogP contribution < -0.4 is 5.32 Å². The van der Waals surface area contributed by atoms with Gasteiger partial charge < -0.3 is 10.3 Å². The maximum atomic E-state index is 13.2. The quantitative estimate of drug-likeness (QED) is 0.467. The van der Waals surface area contributed by atoms with Crippen LogP contribution in [0.25, 0.3) is 11.0 Å². The van der Waals surface area contributed by atoms with Gasteiger partial charge in [0.1, 0.15) is 0 Å². The van der Waals surface area contributed by atoms with Crippen LogP contribution in [-0.4, -0.2) is 25.7 Å². The number of carbonyl (C=O) groups is 1. The summed E-state index contributed by atoms with van der Waals surface area (Å²) in [4.78, 5) is 20.6. The van der Waals surface area contributed by atoms with Crippen LogP contribution >= 0.6 is 0 Å². The third-order valence-electron chi connectivity index (χ3n) is 5.62. The molecule has 160 valence electrons. The molecular formula is C25H29N5O. The second-order valence-corrected chi connectivity index (χ2v) is 8.49. The maximum Gasteiger partial charge on any atom is 0.225 e. The molecule has 0 aliphatic heterocycles. The molecule has 2 heterocycles. The summed E-state index contributed by atoms with van der Waals surface area (Å²) in [5.41, 5.74) is 6.91. The zero-order valence-corrected chi connectivity index (χ0v) is 18.5. The van der Waals surface area contributed by atoms with Crippen LogP contribution in [0.1, 0.15) is 48.0 Å². The average molecular weight is 416 g/mol. The number of hydrogen-bond acceptors (Lipinski definition) is 3. The first kappa shape index (κ1) is 20.8. The number of benzene rings is 2. The normalized spacial score (nSPS) is 12.4. The zero-order valence-electron chi connectivity index (χ0n) is 18.5. The van der Waals surface area contributed by atoms with Crippen LogP contribution in [0.2, 0.25) is 0 Å². The molecule has 4 rings (SSSR count). The first-order valence-electron chi connectivity index (χ1n) is 10.7. The molecule has 31 heavy (non-hydrogen) atoms. The molecule has 1 unspecified atom stereocenters. The SMILES string of the molecule is Cc1nn(CC(C)C)c(C)c1CC(=O)NC(c1ccccc1)c1ccc2nc[nH]c2c1. The largest absolute Gasteiger partial charge is 0.345 e. The van der Waals surface area contributed by atoms with Gasteiger partial charge in [-0.1, -0.05) is 50.2 Å². The summed E-state index contributed by atoms with van der Waals surface area (Å²) in [7, 11) is 0. The molecule has 0 aliphatic carbocycles. The fourth-order valence-electron chi connectivity index (χ4n) is 4.02. The van der Waals surface area contributed by atoms with E-state index in [-0.39, 0.29) is 11.9 Å². The number of aromatic amines is 1. The molecule has 6 heteroatoms. The molecule has 2 aromatic heterocycles. The maximum absolute atomic E-state index is 13.2. The number of fused-ring (bicyclic) bond motifs is 1. The Morgan fingerprint density at radius 2 is 1.87 bits per heavy atom. The molecule has 1 amide bonds. The summed E-state index contributed by atoms with van der Waals surface area (Å²) in [5.74, 6) is 0.480. The summed E-state index contributed by atoms with van der Waals surface area (Å²) in [6, 6.07) is 15.9. The van der Waals surface area contributed by atoms with E-state index in [0.29, 0.717) is 12.3 Å². The van der Waals surface area contributed by atoms with E-state index in [2.05, 4.69) is 40.3 Å². The molecule has 6 nitrogen and oxygen atoms in total. The molecule has 0 radical (unpaired) electrons. The standard InChI is InChI=1S/C25H29N5O/c1-16(2)14-30-18(4)21(17(3)29-30)13-24(31)28-25(19-8-6-5-7-9-19)20-10-11-22-23(12-20)27-15-26-22/h5-12,15-16,25H,13-14H2,1-4H3,(H,26,27)(H,28,31). The lowest BCUT2D eigenvalue weighted by atomic mass is 9.97. The first-order valence-corrected chi connectivity index (χ1v) is 10.7. The Bertz CT molecular complexity index is 1190. The number of aryl methyl sites for hydroxylation is 1. The number of rotatable bonds is 7. The van der Waals surface area contributed by atoms with Gasteiger partial charge in [0.15, 0.2) is 0 Å². The number of nitrogens with one attached hydrogen (secondary N) is 2. The molecule has 0 saturated carbocycles. The van der Waals surface area contributed by atoms with Crippen LogP contribution in [0.3, 0.4) is 0 Å². The number of imidazole rings is 1. The van der Waals surface area contributed by atoms with Gasteiger partial charge >= 0.3 is 0 Å². The van der Waals surface area contributed by atoms with Crippen molar-refractivity contribution in [3.05, 3.63) is 82.9 Å². The smallest absolute Gasteiger partial charge is 0.225 e. The van der Waals surface area contributed by atoms with Crippen molar-refractivity contribution < 1.29 is 4.79 Å². The Morgan fingerprint density at radius 1 is 1.10 bits per heavy atom. The van der Waals surface area contributed by atoms with E-state index < -0.39 is 0 Å². The van der Waals surface area contributed by atoms with Crippen LogP contribution in [0.15, 0.2) is 54.9 Å². The number of amides is 1. The summed E-state index contributed by atoms with van der Waals surface area (Å²) in [6.45, 7) is 9.22. The van der Waals surface area contributed by atoms with Crippen LogP contribution in [0, 0.1) is 19.8 Å². The Hall–Kier alpha value is -3.41. The Morgan fingerprint density at radius 3 is 2.61 bits per heavy atom. The molecule has 0 fully saturated rings. The predicted octanol–water partition coefficient (Wildman–Crippen LogP) is 4.48. The van der Waals surface area contributed by atoms with Gasteiger partial charge in [0, 0.05) is 17.8 Å². The van der Waals surface area contributed by atoms with E-state index in [1.807, 2.05) is 61.0 Å². The lowest BCUT2D eigenvalue weighted by molar-refractivity contribution is -0.121. The topological polar surface area (TPSA) is 75.6 Å². The van der Waals surface area contributed by atoms with Crippen molar-refractivity contribution in [1.82, 2.24) is 25.1 Å². The van der Waals surface area contributed by atoms with Gasteiger partial charge in [0.25, 0.3) is 0 Å². The van der Waals surface area contributed by atoms with Gasteiger partial charge in [0.2, 0.25) is 5.91 Å². The molecule has 0 spiro atoms. The minimum Gasteiger partial charge on any atom is -0.345 e. The molecule has 0 bridgehead atoms. The van der Waals surface area contributed by atoms with Gasteiger partial charge in [-0.05, 0) is 43.0 Å². The molecule has 2 N–H and O–H groups in total. The number of aromatic nitrogens is 4. The molecule has 4 aromatic rings. The van der Waals surface area contributed by atoms with Gasteiger partial charge in [-0.15, -0.1) is 0 Å². The van der Waals surface area contributed by atoms with Crippen LogP contribution in [0.4, 0.5) is 0 Å². The van der Waals surface area contributed by atoms with E-state index in [4.69, 9.17) is 0 Å². The molecule has 1 atom stereocenters. The Labute approximate surface area is 182 Å². The summed E-state index contributed by atoms with van der Waals surface area (Å²) in [5, 5.41) is 7.90. The van der Waals surface area contributed by atoms with Crippen molar-refractivity contribution in [3.63, 3.8) is 0 Å². The van der Waals surface area contributed by atoms with Gasteiger partial charge in [0.05, 0.1) is 35.5 Å². The second kappa shape index (κ2) is 8.76. The molecule has 2 aromatic carbocycles. The first-order chi connectivity index (χ1) is 14.9. The summed E-state index contributed by atoms with van der Waals surface area (Å²) in [6.07, 6.45) is 2.00. The lowest BCUT2D eigenvalue weighted by Crippen LogP contribution is -2.31. The molecule has 0 aliphatic rings.